The van der Waals surface area contributed by atoms with Gasteiger partial charge in [0.05, 0.1) is 45.7 Å². The quantitative estimate of drug-likeness (QED) is 0.0512. The molecule has 1 radical (unpaired) electrons. The third-order valence-electron chi connectivity index (χ3n) is 9.48. The van der Waals surface area contributed by atoms with Crippen LogP contribution in [0.1, 0.15) is 62.1 Å². The molecule has 66 heavy (non-hydrogen) atoms. The number of pyridine rings is 2. The molecule has 0 aliphatic carbocycles. The molecule has 327 valence electrons. The molecule has 7 aromatic carbocycles. The van der Waals surface area contributed by atoms with Gasteiger partial charge >= 0.3 is 37.3 Å². The van der Waals surface area contributed by atoms with Crippen LogP contribution in [0.5, 0.6) is 0 Å². The van der Waals surface area contributed by atoms with Crippen LogP contribution in [-0.2, 0) is 0 Å². The van der Waals surface area contributed by atoms with E-state index in [1.165, 1.54) is 0 Å². The summed E-state index contributed by atoms with van der Waals surface area (Å²) in [5.41, 5.74) is 5.10. The van der Waals surface area contributed by atoms with Crippen molar-refractivity contribution < 1.29 is 66.1 Å². The number of ketones is 6. The molecule has 9 heteroatoms. The number of Topliss-reactive ketones (excluding diaryl/α,β-unsaturated/α-hetero) is 6. The van der Waals surface area contributed by atoms with Crippen LogP contribution >= 0.6 is 0 Å². The molecule has 0 spiro atoms. The van der Waals surface area contributed by atoms with Crippen LogP contribution in [0.2, 0.25) is 0 Å². The molecule has 0 saturated carbocycles. The smallest absolute Gasteiger partial charge is 0.318 e. The van der Waals surface area contributed by atoms with Crippen molar-refractivity contribution in [2.24, 2.45) is 0 Å². The largest absolute Gasteiger partial charge is 3.00 e. The number of carbonyl (C=O) groups excluding carboxylic acids is 6. The van der Waals surface area contributed by atoms with Crippen LogP contribution in [-0.4, -0.2) is 44.7 Å². The van der Waals surface area contributed by atoms with Crippen LogP contribution in [0.3, 0.4) is 0 Å². The first kappa shape index (κ1) is 49.3. The van der Waals surface area contributed by atoms with E-state index in [2.05, 4.69) is 34.2 Å². The Kier molecular flexibility index (Phi) is 19.5. The summed E-state index contributed by atoms with van der Waals surface area (Å²) >= 11 is 0. The molecule has 9 aromatic rings. The van der Waals surface area contributed by atoms with Gasteiger partial charge < -0.3 is 28.8 Å². The molecule has 9 rings (SSSR count). The van der Waals surface area contributed by atoms with E-state index in [0.717, 1.165) is 41.1 Å². The summed E-state index contributed by atoms with van der Waals surface area (Å²) in [7, 11) is 0. The van der Waals surface area contributed by atoms with Crippen molar-refractivity contribution in [3.63, 3.8) is 0 Å². The Balaban J connectivity index is 0.000000164. The van der Waals surface area contributed by atoms with Crippen molar-refractivity contribution in [1.29, 1.82) is 0 Å². The number of fused-ring (bicyclic) bond motifs is 3. The first-order chi connectivity index (χ1) is 31.8. The number of hydrogen-bond donors (Lipinski definition) is 0. The molecule has 2 aromatic heterocycles. The number of benzene rings is 7. The molecule has 0 aliphatic rings. The van der Waals surface area contributed by atoms with Gasteiger partial charge in [-0.3, -0.25) is 9.97 Å². The van der Waals surface area contributed by atoms with Crippen LogP contribution in [0.4, 0.5) is 0 Å². The van der Waals surface area contributed by atoms with Gasteiger partial charge in [0.2, 0.25) is 0 Å². The van der Waals surface area contributed by atoms with E-state index < -0.39 is 0 Å². The van der Waals surface area contributed by atoms with Gasteiger partial charge in [0.1, 0.15) is 0 Å². The third kappa shape index (κ3) is 14.9. The maximum Gasteiger partial charge on any atom is 3.00 e. The van der Waals surface area contributed by atoms with Gasteiger partial charge in [-0.1, -0.05) is 186 Å². The Hall–Kier alpha value is -7.76. The maximum absolute atomic E-state index is 11.8. The Labute approximate surface area is 413 Å². The van der Waals surface area contributed by atoms with Crippen LogP contribution in [0, 0.1) is 56.6 Å². The molecular formula is C57H41ErN2O6. The summed E-state index contributed by atoms with van der Waals surface area (Å²) in [4.78, 5) is 79.2. The molecule has 0 bridgehead atoms. The molecular weight excluding hydrogens is 976 g/mol. The van der Waals surface area contributed by atoms with E-state index in [9.17, 15) is 28.8 Å². The fourth-order valence-electron chi connectivity index (χ4n) is 6.15. The van der Waals surface area contributed by atoms with Crippen molar-refractivity contribution in [3.8, 4) is 0 Å². The van der Waals surface area contributed by atoms with E-state index in [0.29, 0.717) is 33.4 Å². The van der Waals surface area contributed by atoms with Crippen molar-refractivity contribution in [2.75, 3.05) is 0 Å². The summed E-state index contributed by atoms with van der Waals surface area (Å²) in [6.45, 7) is 0. The summed E-state index contributed by atoms with van der Waals surface area (Å²) in [5.74, 6) is -1.59. The van der Waals surface area contributed by atoms with Crippen LogP contribution in [0.15, 0.2) is 231 Å². The van der Waals surface area contributed by atoms with E-state index in [1.54, 1.807) is 158 Å². The molecule has 0 saturated heterocycles. The zero-order chi connectivity index (χ0) is 45.6. The second-order valence-electron chi connectivity index (χ2n) is 14.0. The van der Waals surface area contributed by atoms with Crippen molar-refractivity contribution in [2.45, 2.75) is 0 Å². The Morgan fingerprint density at radius 2 is 0.455 bits per heavy atom. The van der Waals surface area contributed by atoms with Gasteiger partial charge in [-0.25, -0.2) is 0 Å². The summed E-state index contributed by atoms with van der Waals surface area (Å²) < 4.78 is 0. The number of carbonyl (C=O) groups is 6. The summed E-state index contributed by atoms with van der Waals surface area (Å²) in [5, 5.41) is 2.28. The summed E-state index contributed by atoms with van der Waals surface area (Å²) in [6, 6.07) is 64.7. The topological polar surface area (TPSA) is 128 Å². The van der Waals surface area contributed by atoms with E-state index in [1.807, 2.05) is 48.5 Å². The van der Waals surface area contributed by atoms with Crippen LogP contribution in [0.25, 0.3) is 21.8 Å². The minimum atomic E-state index is -0.264. The van der Waals surface area contributed by atoms with Crippen molar-refractivity contribution in [3.05, 3.63) is 283 Å². The number of aromatic nitrogens is 2. The van der Waals surface area contributed by atoms with Gasteiger partial charge in [0.15, 0.2) is 0 Å². The molecule has 0 N–H and O–H groups in total. The second-order valence-corrected chi connectivity index (χ2v) is 14.0. The Morgan fingerprint density at radius 3 is 0.652 bits per heavy atom. The van der Waals surface area contributed by atoms with Gasteiger partial charge in [0.25, 0.3) is 0 Å². The molecule has 0 fully saturated rings. The summed E-state index contributed by atoms with van der Waals surface area (Å²) in [6.07, 6.45) is 6.99. The molecule has 2 heterocycles. The average molecular weight is 1020 g/mol. The predicted octanol–water partition coefficient (Wildman–Crippen LogP) is 11.7. The molecule has 0 unspecified atom stereocenters. The normalized spacial score (nSPS) is 9.76. The van der Waals surface area contributed by atoms with Crippen molar-refractivity contribution >= 4 is 56.5 Å². The Bertz CT molecular complexity index is 2550. The minimum Gasteiger partial charge on any atom is -0.318 e. The van der Waals surface area contributed by atoms with E-state index in [4.69, 9.17) is 0 Å². The SMILES string of the molecule is O=C([CH-]C(=O)c1ccccc1)c1ccccc1.O=C([CH-]C(=O)c1ccccc1)c1ccccc1.O=C([CH-]C(=O)c1ccccc1)c1ccccc1.[Er+3].c1cnc2c(c1)ccc1cccnc12. The zero-order valence-electron chi connectivity index (χ0n) is 35.3. The molecule has 8 nitrogen and oxygen atoms in total. The Morgan fingerprint density at radius 1 is 0.258 bits per heavy atom. The van der Waals surface area contributed by atoms with E-state index >= 15 is 0 Å². The van der Waals surface area contributed by atoms with Crippen molar-refractivity contribution in [1.82, 2.24) is 9.97 Å². The monoisotopic (exact) mass is 1020 g/mol. The van der Waals surface area contributed by atoms with Gasteiger partial charge in [-0.2, -0.15) is 0 Å². The maximum atomic E-state index is 11.8. The van der Waals surface area contributed by atoms with Gasteiger partial charge in [-0.15, -0.1) is 72.8 Å². The molecule has 0 amide bonds. The predicted molar refractivity (Wildman–Crippen MR) is 255 cm³/mol. The standard InChI is InChI=1S/3C15H11O2.C12H8N2.Er/c3*16-14(12-7-3-1-4-8-12)11-15(17)13-9-5-2-6-10-13;1-3-9-5-6-10-4-2-8-14-12(10)11(9)13-7-1;/h3*1-11H;1-8H;/q3*-1;;+3. The molecule has 0 atom stereocenters. The first-order valence-electron chi connectivity index (χ1n) is 20.5. The fourth-order valence-corrected chi connectivity index (χ4v) is 6.15. The fraction of sp³-hybridized carbons (Fsp3) is 0. The minimum absolute atomic E-state index is 0. The third-order valence-corrected chi connectivity index (χ3v) is 9.48. The van der Waals surface area contributed by atoms with Gasteiger partial charge in [0, 0.05) is 23.2 Å². The molecule has 0 aliphatic heterocycles. The number of nitrogens with zero attached hydrogens (tertiary/aromatic N) is 2. The van der Waals surface area contributed by atoms with Gasteiger partial charge in [-0.05, 0) is 12.1 Å². The first-order valence-corrected chi connectivity index (χ1v) is 20.5. The van der Waals surface area contributed by atoms with E-state index in [-0.39, 0.29) is 72.0 Å². The number of rotatable bonds is 12. The zero-order valence-corrected chi connectivity index (χ0v) is 37.2. The second kappa shape index (κ2) is 26.1. The van der Waals surface area contributed by atoms with Crippen LogP contribution < -0.4 is 0 Å². The number of hydrogen-bond acceptors (Lipinski definition) is 8. The average Bonchev–Trinajstić information content (AvgIpc) is 3.38.